The summed E-state index contributed by atoms with van der Waals surface area (Å²) in [6.07, 6.45) is 4.60. The van der Waals surface area contributed by atoms with Gasteiger partial charge >= 0.3 is 5.97 Å². The molecule has 2 aromatic rings. The molecule has 11 heteroatoms. The largest absolute Gasteiger partial charge is 0.466 e. The van der Waals surface area contributed by atoms with Gasteiger partial charge in [0.25, 0.3) is 5.69 Å². The highest BCUT2D eigenvalue weighted by molar-refractivity contribution is 6.12. The van der Waals surface area contributed by atoms with Crippen LogP contribution in [0.5, 0.6) is 0 Å². The lowest BCUT2D eigenvalue weighted by molar-refractivity contribution is -0.384. The van der Waals surface area contributed by atoms with Crippen LogP contribution in [0.1, 0.15) is 63.1 Å². The SMILES string of the molecule is CCOC(=O)[C@@H]1[C@H]2C(=O)N(C3CCCCC3)[C@H](c3ccc(F)cc3)[C@]23N=C(c2ccc([N+](=O)[O-])cc2)[C@]1(OCC)O3. The summed E-state index contributed by atoms with van der Waals surface area (Å²) in [5.41, 5.74) is -0.290. The molecule has 5 atom stereocenters. The smallest absolute Gasteiger partial charge is 0.315 e. The molecule has 4 aliphatic rings. The van der Waals surface area contributed by atoms with E-state index in [0.29, 0.717) is 11.1 Å². The predicted octanol–water partition coefficient (Wildman–Crippen LogP) is 4.71. The summed E-state index contributed by atoms with van der Waals surface area (Å²) >= 11 is 0. The normalized spacial score (nSPS) is 30.8. The molecule has 41 heavy (non-hydrogen) atoms. The Morgan fingerprint density at radius 1 is 1.10 bits per heavy atom. The minimum atomic E-state index is -1.76. The fraction of sp³-hybridized carbons (Fsp3) is 0.500. The van der Waals surface area contributed by atoms with Crippen molar-refractivity contribution in [3.8, 4) is 0 Å². The number of nitro benzene ring substituents is 1. The van der Waals surface area contributed by atoms with E-state index in [1.54, 1.807) is 30.9 Å². The average Bonchev–Trinajstić information content (AvgIpc) is 3.54. The summed E-state index contributed by atoms with van der Waals surface area (Å²) in [5, 5.41) is 11.3. The van der Waals surface area contributed by atoms with E-state index in [1.807, 2.05) is 0 Å². The van der Waals surface area contributed by atoms with Crippen molar-refractivity contribution in [2.75, 3.05) is 13.2 Å². The lowest BCUT2D eigenvalue weighted by atomic mass is 9.75. The number of rotatable bonds is 8. The van der Waals surface area contributed by atoms with E-state index in [2.05, 4.69) is 0 Å². The number of likely N-dealkylation sites (tertiary alicyclic amines) is 1. The molecule has 2 aromatic carbocycles. The Labute approximate surface area is 236 Å². The molecule has 3 heterocycles. The lowest BCUT2D eigenvalue weighted by Gasteiger charge is -2.39. The first-order valence-electron chi connectivity index (χ1n) is 14.2. The molecular formula is C30H32FN3O7. The van der Waals surface area contributed by atoms with Crippen LogP contribution in [0.15, 0.2) is 53.5 Å². The number of nitro groups is 1. The number of fused-ring (bicyclic) bond motifs is 1. The maximum Gasteiger partial charge on any atom is 0.315 e. The Bertz CT molecular complexity index is 1390. The second-order valence-corrected chi connectivity index (χ2v) is 10.9. The van der Waals surface area contributed by atoms with Crippen LogP contribution >= 0.6 is 0 Å². The standard InChI is InChI=1S/C30H32FN3O7/c1-3-39-28(36)24-23-27(35)33(21-8-6-5-7-9-21)26(19-10-14-20(31)15-11-19)29(23)32-25(30(24,41-29)40-4-2)18-12-16-22(17-13-18)34(37)38/h10-17,21,23-24,26H,3-9H2,1-2H3/t23-,24-,26+,29-,30+/m0/s1. The second kappa shape index (κ2) is 10.3. The Balaban J connectivity index is 1.58. The van der Waals surface area contributed by atoms with Crippen LogP contribution in [0.2, 0.25) is 0 Å². The zero-order chi connectivity index (χ0) is 28.9. The number of nitrogens with zero attached hydrogens (tertiary/aromatic N) is 3. The number of hydrogen-bond acceptors (Lipinski definition) is 8. The van der Waals surface area contributed by atoms with Crippen molar-refractivity contribution in [1.82, 2.24) is 4.90 Å². The summed E-state index contributed by atoms with van der Waals surface area (Å²) in [7, 11) is 0. The number of amides is 1. The van der Waals surface area contributed by atoms with Gasteiger partial charge in [-0.25, -0.2) is 9.38 Å². The van der Waals surface area contributed by atoms with Crippen LogP contribution in [0.4, 0.5) is 10.1 Å². The molecule has 1 spiro atoms. The van der Waals surface area contributed by atoms with Gasteiger partial charge in [0.15, 0.2) is 5.72 Å². The van der Waals surface area contributed by atoms with Gasteiger partial charge in [0.1, 0.15) is 29.4 Å². The average molecular weight is 566 g/mol. The van der Waals surface area contributed by atoms with Crippen molar-refractivity contribution in [2.24, 2.45) is 16.8 Å². The number of aliphatic imine (C=N–C) groups is 1. The molecule has 3 fully saturated rings. The molecule has 6 rings (SSSR count). The number of non-ortho nitro benzene ring substituents is 1. The number of hydrogen-bond donors (Lipinski definition) is 0. The number of benzene rings is 2. The first kappa shape index (κ1) is 27.5. The van der Waals surface area contributed by atoms with E-state index < -0.39 is 46.1 Å². The van der Waals surface area contributed by atoms with Gasteiger partial charge in [-0.05, 0) is 56.5 Å². The summed E-state index contributed by atoms with van der Waals surface area (Å²) < 4.78 is 32.6. The number of ether oxygens (including phenoxy) is 3. The van der Waals surface area contributed by atoms with Gasteiger partial charge in [-0.2, -0.15) is 0 Å². The third kappa shape index (κ3) is 4.08. The van der Waals surface area contributed by atoms with Gasteiger partial charge < -0.3 is 19.1 Å². The minimum Gasteiger partial charge on any atom is -0.466 e. The van der Waals surface area contributed by atoms with Gasteiger partial charge in [-0.3, -0.25) is 19.7 Å². The molecule has 10 nitrogen and oxygen atoms in total. The number of carbonyl (C=O) groups excluding carboxylic acids is 2. The summed E-state index contributed by atoms with van der Waals surface area (Å²) in [6.45, 7) is 3.66. The lowest BCUT2D eigenvalue weighted by Crippen LogP contribution is -2.54. The molecule has 0 radical (unpaired) electrons. The predicted molar refractivity (Wildman–Crippen MR) is 144 cm³/mol. The molecule has 0 unspecified atom stereocenters. The van der Waals surface area contributed by atoms with Gasteiger partial charge in [0.05, 0.1) is 11.5 Å². The number of halogens is 1. The number of esters is 1. The third-order valence-electron chi connectivity index (χ3n) is 8.72. The minimum absolute atomic E-state index is 0.0865. The molecule has 0 N–H and O–H groups in total. The van der Waals surface area contributed by atoms with Gasteiger partial charge in [0, 0.05) is 30.3 Å². The van der Waals surface area contributed by atoms with Crippen molar-refractivity contribution in [3.05, 3.63) is 75.6 Å². The quantitative estimate of drug-likeness (QED) is 0.258. The van der Waals surface area contributed by atoms with Crippen LogP contribution < -0.4 is 0 Å². The Morgan fingerprint density at radius 2 is 1.78 bits per heavy atom. The van der Waals surface area contributed by atoms with E-state index in [4.69, 9.17) is 19.2 Å². The molecule has 216 valence electrons. The van der Waals surface area contributed by atoms with Crippen molar-refractivity contribution in [2.45, 2.75) is 69.5 Å². The van der Waals surface area contributed by atoms with Crippen LogP contribution in [-0.2, 0) is 23.8 Å². The van der Waals surface area contributed by atoms with Crippen molar-refractivity contribution < 1.29 is 33.1 Å². The highest BCUT2D eigenvalue weighted by Crippen LogP contribution is 2.65. The highest BCUT2D eigenvalue weighted by Gasteiger charge is 2.81. The van der Waals surface area contributed by atoms with Crippen molar-refractivity contribution >= 4 is 23.3 Å². The van der Waals surface area contributed by atoms with Crippen molar-refractivity contribution in [1.29, 1.82) is 0 Å². The Morgan fingerprint density at radius 3 is 2.39 bits per heavy atom. The fourth-order valence-corrected chi connectivity index (χ4v) is 7.19. The zero-order valence-electron chi connectivity index (χ0n) is 23.0. The fourth-order valence-electron chi connectivity index (χ4n) is 7.19. The molecule has 3 aliphatic heterocycles. The number of carbonyl (C=O) groups is 2. The summed E-state index contributed by atoms with van der Waals surface area (Å²) in [4.78, 5) is 46.0. The van der Waals surface area contributed by atoms with Gasteiger partial charge in [-0.1, -0.05) is 31.4 Å². The maximum atomic E-state index is 14.5. The summed E-state index contributed by atoms with van der Waals surface area (Å²) in [6, 6.07) is 10.9. The molecule has 1 amide bonds. The van der Waals surface area contributed by atoms with E-state index in [-0.39, 0.29) is 36.6 Å². The zero-order valence-corrected chi connectivity index (χ0v) is 23.0. The van der Waals surface area contributed by atoms with Crippen molar-refractivity contribution in [3.63, 3.8) is 0 Å². The maximum absolute atomic E-state index is 14.5. The summed E-state index contributed by atoms with van der Waals surface area (Å²) in [5.74, 6) is -5.29. The van der Waals surface area contributed by atoms with E-state index in [1.165, 1.54) is 36.4 Å². The Hall–Kier alpha value is -3.70. The molecular weight excluding hydrogens is 533 g/mol. The van der Waals surface area contributed by atoms with Crippen LogP contribution in [0.25, 0.3) is 0 Å². The van der Waals surface area contributed by atoms with Crippen LogP contribution in [-0.4, -0.2) is 58.2 Å². The molecule has 2 saturated heterocycles. The first-order valence-corrected chi connectivity index (χ1v) is 14.2. The monoisotopic (exact) mass is 565 g/mol. The second-order valence-electron chi connectivity index (χ2n) is 10.9. The topological polar surface area (TPSA) is 121 Å². The van der Waals surface area contributed by atoms with Crippen LogP contribution in [0, 0.1) is 27.8 Å². The third-order valence-corrected chi connectivity index (χ3v) is 8.72. The highest BCUT2D eigenvalue weighted by atomic mass is 19.1. The first-order chi connectivity index (χ1) is 19.8. The van der Waals surface area contributed by atoms with E-state index in [9.17, 15) is 24.1 Å². The van der Waals surface area contributed by atoms with Gasteiger partial charge in [-0.15, -0.1) is 0 Å². The van der Waals surface area contributed by atoms with E-state index >= 15 is 0 Å². The molecule has 1 saturated carbocycles. The van der Waals surface area contributed by atoms with E-state index in [0.717, 1.165) is 32.1 Å². The molecule has 2 bridgehead atoms. The van der Waals surface area contributed by atoms with Crippen LogP contribution in [0.3, 0.4) is 0 Å². The molecule has 1 aliphatic carbocycles. The Kier molecular flexibility index (Phi) is 6.89. The van der Waals surface area contributed by atoms with Gasteiger partial charge in [0.2, 0.25) is 11.7 Å². The molecule has 0 aromatic heterocycles.